The Balaban J connectivity index is 1.43. The summed E-state index contributed by atoms with van der Waals surface area (Å²) in [5, 5.41) is 2.76. The zero-order valence-corrected chi connectivity index (χ0v) is 16.8. The maximum absolute atomic E-state index is 12.7. The number of carbonyl (C=O) groups excluding carboxylic acids is 1. The van der Waals surface area contributed by atoms with E-state index in [4.69, 9.17) is 4.74 Å². The van der Waals surface area contributed by atoms with E-state index in [1.165, 1.54) is 19.2 Å². The van der Waals surface area contributed by atoms with Gasteiger partial charge in [0.05, 0.1) is 12.7 Å². The fourth-order valence-electron chi connectivity index (χ4n) is 3.29. The molecule has 0 spiro atoms. The monoisotopic (exact) mass is 421 g/mol. The SMILES string of the molecule is COc1cccc(C(=O)NCCCN2CCN(c3ncccn3)CC2)c1OC(F)F. The van der Waals surface area contributed by atoms with Crippen molar-refractivity contribution in [2.45, 2.75) is 13.0 Å². The Morgan fingerprint density at radius 2 is 1.90 bits per heavy atom. The van der Waals surface area contributed by atoms with Gasteiger partial charge in [-0.2, -0.15) is 8.78 Å². The summed E-state index contributed by atoms with van der Waals surface area (Å²) in [7, 11) is 1.33. The molecule has 0 aliphatic carbocycles. The number of aromatic nitrogens is 2. The Kier molecular flexibility index (Phi) is 7.72. The fourth-order valence-corrected chi connectivity index (χ4v) is 3.29. The maximum atomic E-state index is 12.7. The zero-order valence-electron chi connectivity index (χ0n) is 16.8. The highest BCUT2D eigenvalue weighted by Gasteiger charge is 2.21. The number of halogens is 2. The molecule has 1 aliphatic heterocycles. The van der Waals surface area contributed by atoms with Crippen LogP contribution in [0.3, 0.4) is 0 Å². The number of anilines is 1. The van der Waals surface area contributed by atoms with Crippen molar-refractivity contribution in [1.29, 1.82) is 0 Å². The Bertz CT molecular complexity index is 817. The minimum Gasteiger partial charge on any atom is -0.493 e. The standard InChI is InChI=1S/C20H25F2N5O3/c1-29-16-6-2-5-15(17(16)30-19(21)22)18(28)23-9-4-10-26-11-13-27(14-12-26)20-24-7-3-8-25-20/h2-3,5-8,19H,4,9-14H2,1H3,(H,23,28). The van der Waals surface area contributed by atoms with Gasteiger partial charge in [-0.15, -0.1) is 0 Å². The molecule has 1 aromatic heterocycles. The lowest BCUT2D eigenvalue weighted by atomic mass is 10.1. The van der Waals surface area contributed by atoms with Gasteiger partial charge in [0.15, 0.2) is 11.5 Å². The van der Waals surface area contributed by atoms with Crippen molar-refractivity contribution >= 4 is 11.9 Å². The summed E-state index contributed by atoms with van der Waals surface area (Å²) in [5.74, 6) is 0.0927. The van der Waals surface area contributed by atoms with Crippen LogP contribution < -0.4 is 19.7 Å². The molecule has 0 radical (unpaired) electrons. The quantitative estimate of drug-likeness (QED) is 0.621. The molecule has 2 heterocycles. The van der Waals surface area contributed by atoms with Crippen LogP contribution >= 0.6 is 0 Å². The number of methoxy groups -OCH3 is 1. The number of piperazine rings is 1. The number of alkyl halides is 2. The number of benzene rings is 1. The maximum Gasteiger partial charge on any atom is 0.387 e. The highest BCUT2D eigenvalue weighted by Crippen LogP contribution is 2.32. The molecule has 8 nitrogen and oxygen atoms in total. The third kappa shape index (κ3) is 5.76. The number of para-hydroxylation sites is 1. The van der Waals surface area contributed by atoms with Crippen molar-refractivity contribution in [3.05, 3.63) is 42.2 Å². The number of amides is 1. The summed E-state index contributed by atoms with van der Waals surface area (Å²) < 4.78 is 34.9. The van der Waals surface area contributed by atoms with Crippen LogP contribution in [-0.4, -0.2) is 73.8 Å². The molecule has 1 saturated heterocycles. The van der Waals surface area contributed by atoms with Gasteiger partial charge in [0, 0.05) is 45.1 Å². The van der Waals surface area contributed by atoms with Crippen molar-refractivity contribution in [2.24, 2.45) is 0 Å². The third-order valence-corrected chi connectivity index (χ3v) is 4.79. The highest BCUT2D eigenvalue weighted by molar-refractivity contribution is 5.97. The number of hydrogen-bond acceptors (Lipinski definition) is 7. The Hall–Kier alpha value is -3.01. The first-order valence-electron chi connectivity index (χ1n) is 9.73. The van der Waals surface area contributed by atoms with E-state index in [1.807, 2.05) is 0 Å². The smallest absolute Gasteiger partial charge is 0.387 e. The predicted molar refractivity (Wildman–Crippen MR) is 107 cm³/mol. The summed E-state index contributed by atoms with van der Waals surface area (Å²) in [6.07, 6.45) is 4.21. The summed E-state index contributed by atoms with van der Waals surface area (Å²) >= 11 is 0. The Morgan fingerprint density at radius 3 is 2.57 bits per heavy atom. The lowest BCUT2D eigenvalue weighted by molar-refractivity contribution is -0.0515. The number of nitrogens with one attached hydrogen (secondary N) is 1. The van der Waals surface area contributed by atoms with Crippen molar-refractivity contribution in [3.8, 4) is 11.5 Å². The summed E-state index contributed by atoms with van der Waals surface area (Å²) in [6, 6.07) is 6.25. The number of carbonyl (C=O) groups is 1. The minimum absolute atomic E-state index is 0.0196. The van der Waals surface area contributed by atoms with E-state index in [1.54, 1.807) is 24.5 Å². The molecule has 0 bridgehead atoms. The average molecular weight is 421 g/mol. The van der Waals surface area contributed by atoms with E-state index in [-0.39, 0.29) is 17.1 Å². The number of nitrogens with zero attached hydrogens (tertiary/aromatic N) is 4. The molecule has 1 fully saturated rings. The first-order valence-corrected chi connectivity index (χ1v) is 9.73. The molecule has 0 atom stereocenters. The Morgan fingerprint density at radius 1 is 1.17 bits per heavy atom. The van der Waals surface area contributed by atoms with Crippen molar-refractivity contribution in [3.63, 3.8) is 0 Å². The van der Waals surface area contributed by atoms with Gasteiger partial charge in [-0.1, -0.05) is 6.07 Å². The molecule has 2 aromatic rings. The molecule has 1 aromatic carbocycles. The van der Waals surface area contributed by atoms with Gasteiger partial charge in [0.1, 0.15) is 0 Å². The van der Waals surface area contributed by atoms with Gasteiger partial charge < -0.3 is 19.7 Å². The van der Waals surface area contributed by atoms with Crippen LogP contribution in [0.25, 0.3) is 0 Å². The van der Waals surface area contributed by atoms with Crippen LogP contribution in [0.5, 0.6) is 11.5 Å². The van der Waals surface area contributed by atoms with E-state index < -0.39 is 12.5 Å². The first kappa shape index (κ1) is 21.7. The second-order valence-electron chi connectivity index (χ2n) is 6.70. The molecule has 0 saturated carbocycles. The molecule has 1 amide bonds. The normalized spacial score (nSPS) is 14.6. The van der Waals surface area contributed by atoms with Gasteiger partial charge in [-0.25, -0.2) is 9.97 Å². The second kappa shape index (κ2) is 10.7. The molecule has 3 rings (SSSR count). The number of ether oxygens (including phenoxy) is 2. The predicted octanol–water partition coefficient (Wildman–Crippen LogP) is 2.03. The van der Waals surface area contributed by atoms with Crippen LogP contribution in [0.15, 0.2) is 36.7 Å². The van der Waals surface area contributed by atoms with E-state index in [9.17, 15) is 13.6 Å². The molecule has 10 heteroatoms. The van der Waals surface area contributed by atoms with E-state index in [2.05, 4.69) is 29.8 Å². The molecule has 30 heavy (non-hydrogen) atoms. The molecule has 0 unspecified atom stereocenters. The van der Waals surface area contributed by atoms with E-state index in [0.29, 0.717) is 6.54 Å². The minimum atomic E-state index is -3.05. The molecule has 1 N–H and O–H groups in total. The molecular weight excluding hydrogens is 396 g/mol. The molecule has 162 valence electrons. The highest BCUT2D eigenvalue weighted by atomic mass is 19.3. The summed E-state index contributed by atoms with van der Waals surface area (Å²) in [4.78, 5) is 25.4. The largest absolute Gasteiger partial charge is 0.493 e. The van der Waals surface area contributed by atoms with Crippen molar-refractivity contribution in [2.75, 3.05) is 51.3 Å². The third-order valence-electron chi connectivity index (χ3n) is 4.79. The van der Waals surface area contributed by atoms with Gasteiger partial charge in [-0.3, -0.25) is 9.69 Å². The van der Waals surface area contributed by atoms with Gasteiger partial charge in [0.2, 0.25) is 5.95 Å². The zero-order chi connectivity index (χ0) is 21.3. The van der Waals surface area contributed by atoms with Crippen LogP contribution in [0.1, 0.15) is 16.8 Å². The number of hydrogen-bond donors (Lipinski definition) is 1. The van der Waals surface area contributed by atoms with Crippen LogP contribution in [0, 0.1) is 0 Å². The van der Waals surface area contributed by atoms with Crippen LogP contribution in [-0.2, 0) is 0 Å². The Labute approximate surface area is 173 Å². The van der Waals surface area contributed by atoms with Crippen molar-refractivity contribution in [1.82, 2.24) is 20.2 Å². The van der Waals surface area contributed by atoms with Gasteiger partial charge in [-0.05, 0) is 31.2 Å². The van der Waals surface area contributed by atoms with Crippen LogP contribution in [0.2, 0.25) is 0 Å². The summed E-state index contributed by atoms with van der Waals surface area (Å²) in [6.45, 7) is 1.65. The number of rotatable bonds is 9. The lowest BCUT2D eigenvalue weighted by Crippen LogP contribution is -2.47. The van der Waals surface area contributed by atoms with Crippen molar-refractivity contribution < 1.29 is 23.0 Å². The van der Waals surface area contributed by atoms with E-state index >= 15 is 0 Å². The fraction of sp³-hybridized carbons (Fsp3) is 0.450. The second-order valence-corrected chi connectivity index (χ2v) is 6.70. The molecular formula is C20H25F2N5O3. The topological polar surface area (TPSA) is 79.8 Å². The summed E-state index contributed by atoms with van der Waals surface area (Å²) in [5.41, 5.74) is 0.0196. The van der Waals surface area contributed by atoms with E-state index in [0.717, 1.165) is 45.1 Å². The van der Waals surface area contributed by atoms with Crippen LogP contribution in [0.4, 0.5) is 14.7 Å². The first-order chi connectivity index (χ1) is 14.6. The lowest BCUT2D eigenvalue weighted by Gasteiger charge is -2.34. The van der Waals surface area contributed by atoms with Gasteiger partial charge >= 0.3 is 6.61 Å². The van der Waals surface area contributed by atoms with Gasteiger partial charge in [0.25, 0.3) is 5.91 Å². The average Bonchev–Trinajstić information content (AvgIpc) is 2.77. The molecule has 1 aliphatic rings.